The molecule has 29 heavy (non-hydrogen) atoms. The number of methoxy groups -OCH3 is 1. The van der Waals surface area contributed by atoms with Crippen LogP contribution in [0.1, 0.15) is 6.92 Å². The Kier molecular flexibility index (Phi) is 8.82. The number of carbonyl (C=O) groups excluding carboxylic acids is 3. The fraction of sp³-hybridized carbons (Fsp3) is 0.250. The molecule has 1 atom stereocenters. The Balaban J connectivity index is 2.01. The Hall–Kier alpha value is -2.22. The van der Waals surface area contributed by atoms with Gasteiger partial charge in [0.25, 0.3) is 0 Å². The van der Waals surface area contributed by atoms with Crippen LogP contribution in [0.5, 0.6) is 0 Å². The number of para-hydroxylation sites is 1. The summed E-state index contributed by atoms with van der Waals surface area (Å²) in [6.07, 6.45) is 0. The Morgan fingerprint density at radius 1 is 1.14 bits per heavy atom. The number of ether oxygens (including phenoxy) is 1. The lowest BCUT2D eigenvalue weighted by atomic mass is 10.2. The molecule has 9 heteroatoms. The van der Waals surface area contributed by atoms with Crippen LogP contribution in [0.2, 0.25) is 10.0 Å². The lowest BCUT2D eigenvalue weighted by Crippen LogP contribution is -2.49. The smallest absolute Gasteiger partial charge is 0.325 e. The third-order valence-electron chi connectivity index (χ3n) is 3.85. The number of carbonyl (C=O) groups is 3. The zero-order valence-electron chi connectivity index (χ0n) is 15.9. The van der Waals surface area contributed by atoms with Crippen LogP contribution >= 0.6 is 35.0 Å². The Labute approximate surface area is 183 Å². The van der Waals surface area contributed by atoms with Crippen molar-refractivity contribution in [3.05, 3.63) is 58.6 Å². The van der Waals surface area contributed by atoms with E-state index >= 15 is 0 Å². The van der Waals surface area contributed by atoms with Crippen LogP contribution in [0.25, 0.3) is 0 Å². The van der Waals surface area contributed by atoms with Crippen LogP contribution in [0.3, 0.4) is 0 Å². The van der Waals surface area contributed by atoms with Crippen LogP contribution in [0.15, 0.2) is 53.4 Å². The predicted molar refractivity (Wildman–Crippen MR) is 116 cm³/mol. The van der Waals surface area contributed by atoms with Gasteiger partial charge in [-0.2, -0.15) is 0 Å². The minimum atomic E-state index is -0.845. The second kappa shape index (κ2) is 11.1. The van der Waals surface area contributed by atoms with E-state index in [1.807, 2.05) is 0 Å². The van der Waals surface area contributed by atoms with Crippen molar-refractivity contribution in [2.75, 3.05) is 24.3 Å². The lowest BCUT2D eigenvalue weighted by molar-refractivity contribution is -0.140. The summed E-state index contributed by atoms with van der Waals surface area (Å²) < 4.78 is 4.67. The van der Waals surface area contributed by atoms with Crippen molar-refractivity contribution in [1.29, 1.82) is 0 Å². The van der Waals surface area contributed by atoms with Crippen LogP contribution in [0.4, 0.5) is 5.69 Å². The molecule has 0 aliphatic carbocycles. The van der Waals surface area contributed by atoms with E-state index in [-0.39, 0.29) is 18.2 Å². The van der Waals surface area contributed by atoms with E-state index < -0.39 is 17.9 Å². The third kappa shape index (κ3) is 6.96. The molecule has 0 spiro atoms. The number of nitrogens with one attached hydrogen (secondary N) is 1. The molecular formula is C20H20Cl2N2O4S. The molecule has 2 rings (SSSR count). The number of hydrogen-bond acceptors (Lipinski definition) is 5. The number of esters is 1. The summed E-state index contributed by atoms with van der Waals surface area (Å²) in [5.74, 6) is -1.29. The molecule has 0 heterocycles. The first kappa shape index (κ1) is 23.1. The number of hydrogen-bond donors (Lipinski definition) is 1. The van der Waals surface area contributed by atoms with E-state index in [0.29, 0.717) is 20.6 Å². The first-order valence-corrected chi connectivity index (χ1v) is 10.4. The van der Waals surface area contributed by atoms with Crippen molar-refractivity contribution in [1.82, 2.24) is 5.32 Å². The maximum atomic E-state index is 12.9. The average molecular weight is 455 g/mol. The number of halogens is 2. The number of nitrogens with zero attached hydrogens (tertiary/aromatic N) is 1. The molecule has 0 aliphatic rings. The monoisotopic (exact) mass is 454 g/mol. The summed E-state index contributed by atoms with van der Waals surface area (Å²) in [5, 5.41) is 3.65. The maximum absolute atomic E-state index is 12.9. The van der Waals surface area contributed by atoms with Gasteiger partial charge in [-0.25, -0.2) is 0 Å². The normalized spacial score (nSPS) is 11.4. The van der Waals surface area contributed by atoms with Gasteiger partial charge in [0.05, 0.1) is 17.9 Å². The highest BCUT2D eigenvalue weighted by Gasteiger charge is 2.25. The molecule has 0 unspecified atom stereocenters. The lowest BCUT2D eigenvalue weighted by Gasteiger charge is -2.25. The summed E-state index contributed by atoms with van der Waals surface area (Å²) in [7, 11) is 1.25. The molecular weight excluding hydrogens is 435 g/mol. The van der Waals surface area contributed by atoms with Gasteiger partial charge in [-0.15, -0.1) is 11.8 Å². The second-order valence-corrected chi connectivity index (χ2v) is 7.85. The minimum absolute atomic E-state index is 0.0556. The first-order chi connectivity index (χ1) is 13.8. The van der Waals surface area contributed by atoms with Gasteiger partial charge in [-0.1, -0.05) is 41.4 Å². The van der Waals surface area contributed by atoms with Crippen molar-refractivity contribution < 1.29 is 19.1 Å². The quantitative estimate of drug-likeness (QED) is 0.484. The second-order valence-electron chi connectivity index (χ2n) is 5.99. The van der Waals surface area contributed by atoms with Crippen molar-refractivity contribution in [2.24, 2.45) is 0 Å². The summed E-state index contributed by atoms with van der Waals surface area (Å²) >= 11 is 13.3. The van der Waals surface area contributed by atoms with Crippen molar-refractivity contribution in [3.63, 3.8) is 0 Å². The highest BCUT2D eigenvalue weighted by molar-refractivity contribution is 8.00. The summed E-state index contributed by atoms with van der Waals surface area (Å²) in [6.45, 7) is 1.30. The molecule has 154 valence electrons. The fourth-order valence-electron chi connectivity index (χ4n) is 2.41. The Bertz CT molecular complexity index is 880. The van der Waals surface area contributed by atoms with Gasteiger partial charge in [0.1, 0.15) is 12.6 Å². The molecule has 2 amide bonds. The topological polar surface area (TPSA) is 75.7 Å². The zero-order valence-corrected chi connectivity index (χ0v) is 18.2. The van der Waals surface area contributed by atoms with E-state index in [9.17, 15) is 14.4 Å². The highest BCUT2D eigenvalue weighted by atomic mass is 35.5. The van der Waals surface area contributed by atoms with E-state index in [1.165, 1.54) is 23.8 Å². The van der Waals surface area contributed by atoms with Gasteiger partial charge in [-0.3, -0.25) is 19.3 Å². The molecule has 6 nitrogen and oxygen atoms in total. The number of rotatable bonds is 8. The Morgan fingerprint density at radius 2 is 1.83 bits per heavy atom. The summed E-state index contributed by atoms with van der Waals surface area (Å²) in [5.41, 5.74) is 0.532. The van der Waals surface area contributed by atoms with Crippen LogP contribution in [-0.2, 0) is 19.1 Å². The number of benzene rings is 2. The molecule has 0 aromatic heterocycles. The molecule has 2 aromatic rings. The van der Waals surface area contributed by atoms with Crippen LogP contribution in [-0.4, -0.2) is 43.2 Å². The predicted octanol–water partition coefficient (Wildman–Crippen LogP) is 3.80. The van der Waals surface area contributed by atoms with Gasteiger partial charge in [0.15, 0.2) is 0 Å². The van der Waals surface area contributed by atoms with Crippen LogP contribution in [0, 0.1) is 0 Å². The van der Waals surface area contributed by atoms with Gasteiger partial charge in [-0.05, 0) is 37.3 Å². The molecule has 0 radical (unpaired) electrons. The maximum Gasteiger partial charge on any atom is 0.325 e. The molecule has 2 aromatic carbocycles. The van der Waals surface area contributed by atoms with E-state index in [4.69, 9.17) is 23.2 Å². The number of amides is 2. The summed E-state index contributed by atoms with van der Waals surface area (Å²) in [4.78, 5) is 38.8. The molecule has 1 N–H and O–H groups in total. The summed E-state index contributed by atoms with van der Waals surface area (Å²) in [6, 6.07) is 12.8. The molecule has 0 fully saturated rings. The van der Waals surface area contributed by atoms with Gasteiger partial charge < -0.3 is 10.1 Å². The molecule has 0 aliphatic heterocycles. The molecule has 0 saturated heterocycles. The number of anilines is 1. The highest BCUT2D eigenvalue weighted by Crippen LogP contribution is 2.29. The van der Waals surface area contributed by atoms with Crippen LogP contribution < -0.4 is 10.2 Å². The van der Waals surface area contributed by atoms with Gasteiger partial charge in [0, 0.05) is 15.6 Å². The molecule has 0 bridgehead atoms. The zero-order chi connectivity index (χ0) is 21.4. The van der Waals surface area contributed by atoms with Gasteiger partial charge in [0.2, 0.25) is 11.8 Å². The number of thioether (sulfide) groups is 1. The van der Waals surface area contributed by atoms with Crippen molar-refractivity contribution in [2.45, 2.75) is 17.9 Å². The van der Waals surface area contributed by atoms with Gasteiger partial charge >= 0.3 is 5.97 Å². The first-order valence-electron chi connectivity index (χ1n) is 8.62. The van der Waals surface area contributed by atoms with E-state index in [2.05, 4.69) is 10.1 Å². The largest absolute Gasteiger partial charge is 0.468 e. The minimum Gasteiger partial charge on any atom is -0.468 e. The van der Waals surface area contributed by atoms with E-state index in [0.717, 1.165) is 0 Å². The average Bonchev–Trinajstić information content (AvgIpc) is 2.72. The Morgan fingerprint density at radius 3 is 2.48 bits per heavy atom. The van der Waals surface area contributed by atoms with Crippen molar-refractivity contribution >= 4 is 58.4 Å². The standard InChI is InChI=1S/C20H20Cl2N2O4S/c1-13(23-18(25)12-29-17-10-14(21)8-9-16(17)22)20(27)24(11-19(26)28-2)15-6-4-3-5-7-15/h3-10,13H,11-12H2,1-2H3,(H,23,25)/t13-/m0/s1. The van der Waals surface area contributed by atoms with E-state index in [1.54, 1.807) is 55.5 Å². The SMILES string of the molecule is COC(=O)CN(C(=O)[C@H](C)NC(=O)CSc1cc(Cl)ccc1Cl)c1ccccc1. The molecule has 0 saturated carbocycles. The third-order valence-corrected chi connectivity index (χ3v) is 5.58. The van der Waals surface area contributed by atoms with Crippen molar-refractivity contribution in [3.8, 4) is 0 Å². The fourth-order valence-corrected chi connectivity index (χ4v) is 3.71.